The van der Waals surface area contributed by atoms with E-state index in [-0.39, 0.29) is 11.9 Å². The third-order valence-corrected chi connectivity index (χ3v) is 3.50. The van der Waals surface area contributed by atoms with Crippen LogP contribution in [0.4, 0.5) is 5.69 Å². The second-order valence-corrected chi connectivity index (χ2v) is 4.98. The van der Waals surface area contributed by atoms with Gasteiger partial charge in [0.2, 0.25) is 0 Å². The lowest BCUT2D eigenvalue weighted by Gasteiger charge is -2.16. The van der Waals surface area contributed by atoms with E-state index in [2.05, 4.69) is 12.2 Å². The standard InChI is InChI=1S/C13H20N2OS/c1-4-10(8-17-3)15-13(16)11-7-5-6-9(2)12(11)14/h5-7,10H,4,8,14H2,1-3H3,(H,15,16). The van der Waals surface area contributed by atoms with Crippen molar-refractivity contribution >= 4 is 23.4 Å². The molecular formula is C13H20N2OS. The Bertz CT molecular complexity index is 393. The number of anilines is 1. The topological polar surface area (TPSA) is 55.1 Å². The van der Waals surface area contributed by atoms with Gasteiger partial charge in [0.15, 0.2) is 0 Å². The van der Waals surface area contributed by atoms with E-state index in [4.69, 9.17) is 5.73 Å². The average molecular weight is 252 g/mol. The fraction of sp³-hybridized carbons (Fsp3) is 0.462. The van der Waals surface area contributed by atoms with Gasteiger partial charge in [-0.2, -0.15) is 11.8 Å². The number of carbonyl (C=O) groups excluding carboxylic acids is 1. The minimum Gasteiger partial charge on any atom is -0.398 e. The Labute approximate surface area is 107 Å². The van der Waals surface area contributed by atoms with Crippen molar-refractivity contribution in [1.29, 1.82) is 0 Å². The monoisotopic (exact) mass is 252 g/mol. The van der Waals surface area contributed by atoms with Crippen molar-refractivity contribution in [3.05, 3.63) is 29.3 Å². The highest BCUT2D eigenvalue weighted by atomic mass is 32.2. The molecule has 0 heterocycles. The summed E-state index contributed by atoms with van der Waals surface area (Å²) in [6.45, 7) is 3.98. The number of nitrogens with one attached hydrogen (secondary N) is 1. The van der Waals surface area contributed by atoms with Gasteiger partial charge in [0.1, 0.15) is 0 Å². The van der Waals surface area contributed by atoms with Gasteiger partial charge in [-0.3, -0.25) is 4.79 Å². The first-order valence-electron chi connectivity index (χ1n) is 5.75. The van der Waals surface area contributed by atoms with Crippen LogP contribution >= 0.6 is 11.8 Å². The molecule has 0 aliphatic heterocycles. The largest absolute Gasteiger partial charge is 0.398 e. The van der Waals surface area contributed by atoms with E-state index >= 15 is 0 Å². The highest BCUT2D eigenvalue weighted by molar-refractivity contribution is 7.98. The Morgan fingerprint density at radius 3 is 2.82 bits per heavy atom. The van der Waals surface area contributed by atoms with Gasteiger partial charge in [-0.05, 0) is 31.2 Å². The van der Waals surface area contributed by atoms with E-state index in [1.54, 1.807) is 17.8 Å². The van der Waals surface area contributed by atoms with Crippen LogP contribution in [0.2, 0.25) is 0 Å². The summed E-state index contributed by atoms with van der Waals surface area (Å²) in [6, 6.07) is 5.74. The maximum Gasteiger partial charge on any atom is 0.253 e. The molecule has 94 valence electrons. The molecule has 0 aliphatic rings. The maximum absolute atomic E-state index is 12.1. The Morgan fingerprint density at radius 2 is 2.24 bits per heavy atom. The predicted molar refractivity (Wildman–Crippen MR) is 75.5 cm³/mol. The molecule has 1 atom stereocenters. The van der Waals surface area contributed by atoms with Crippen LogP contribution in [0.15, 0.2) is 18.2 Å². The molecule has 4 heteroatoms. The fourth-order valence-corrected chi connectivity index (χ4v) is 2.33. The van der Waals surface area contributed by atoms with Crippen LogP contribution in [0.5, 0.6) is 0 Å². The van der Waals surface area contributed by atoms with Crippen LogP contribution in [0.25, 0.3) is 0 Å². The van der Waals surface area contributed by atoms with E-state index < -0.39 is 0 Å². The fourth-order valence-electron chi connectivity index (χ4n) is 1.60. The zero-order valence-corrected chi connectivity index (χ0v) is 11.4. The summed E-state index contributed by atoms with van der Waals surface area (Å²) in [5.74, 6) is 0.848. The highest BCUT2D eigenvalue weighted by Gasteiger charge is 2.14. The molecule has 1 rings (SSSR count). The van der Waals surface area contributed by atoms with Gasteiger partial charge in [0.25, 0.3) is 5.91 Å². The van der Waals surface area contributed by atoms with Crippen LogP contribution < -0.4 is 11.1 Å². The van der Waals surface area contributed by atoms with Gasteiger partial charge < -0.3 is 11.1 Å². The molecule has 0 aliphatic carbocycles. The second-order valence-electron chi connectivity index (χ2n) is 4.07. The maximum atomic E-state index is 12.1. The summed E-state index contributed by atoms with van der Waals surface area (Å²) in [6.07, 6.45) is 2.97. The SMILES string of the molecule is CCC(CSC)NC(=O)c1cccc(C)c1N. The number of rotatable bonds is 5. The van der Waals surface area contributed by atoms with E-state index in [1.165, 1.54) is 0 Å². The van der Waals surface area contributed by atoms with Crippen molar-refractivity contribution in [2.24, 2.45) is 0 Å². The zero-order valence-electron chi connectivity index (χ0n) is 10.6. The number of thioether (sulfide) groups is 1. The number of nitrogen functional groups attached to an aromatic ring is 1. The molecule has 0 radical (unpaired) electrons. The van der Waals surface area contributed by atoms with Gasteiger partial charge in [-0.1, -0.05) is 19.1 Å². The van der Waals surface area contributed by atoms with Crippen LogP contribution in [0, 0.1) is 6.92 Å². The van der Waals surface area contributed by atoms with E-state index in [1.807, 2.05) is 25.3 Å². The number of para-hydroxylation sites is 1. The normalized spacial score (nSPS) is 12.2. The molecule has 0 saturated heterocycles. The number of hydrogen-bond donors (Lipinski definition) is 2. The minimum atomic E-state index is -0.0768. The smallest absolute Gasteiger partial charge is 0.253 e. The number of benzene rings is 1. The molecule has 17 heavy (non-hydrogen) atoms. The Balaban J connectivity index is 2.79. The average Bonchev–Trinajstić information content (AvgIpc) is 2.31. The number of amides is 1. The van der Waals surface area contributed by atoms with Gasteiger partial charge in [0.05, 0.1) is 5.56 Å². The first-order valence-corrected chi connectivity index (χ1v) is 7.14. The van der Waals surface area contributed by atoms with Gasteiger partial charge in [0, 0.05) is 17.5 Å². The van der Waals surface area contributed by atoms with Crippen molar-refractivity contribution in [2.75, 3.05) is 17.7 Å². The molecule has 0 bridgehead atoms. The van der Waals surface area contributed by atoms with Crippen molar-refractivity contribution < 1.29 is 4.79 Å². The van der Waals surface area contributed by atoms with Crippen LogP contribution in [0.3, 0.4) is 0 Å². The molecule has 1 amide bonds. The molecule has 1 aromatic carbocycles. The molecule has 0 fully saturated rings. The van der Waals surface area contributed by atoms with Crippen LogP contribution in [0.1, 0.15) is 29.3 Å². The first kappa shape index (κ1) is 13.9. The van der Waals surface area contributed by atoms with Crippen LogP contribution in [-0.2, 0) is 0 Å². The zero-order chi connectivity index (χ0) is 12.8. The third kappa shape index (κ3) is 3.66. The molecule has 0 aromatic heterocycles. The van der Waals surface area contributed by atoms with Gasteiger partial charge >= 0.3 is 0 Å². The summed E-state index contributed by atoms with van der Waals surface area (Å²) in [5, 5.41) is 3.01. The first-order chi connectivity index (χ1) is 8.10. The molecule has 1 unspecified atom stereocenters. The Hall–Kier alpha value is -1.16. The lowest BCUT2D eigenvalue weighted by molar-refractivity contribution is 0.0941. The second kappa shape index (κ2) is 6.55. The number of nitrogens with two attached hydrogens (primary N) is 1. The summed E-state index contributed by atoms with van der Waals surface area (Å²) in [4.78, 5) is 12.1. The van der Waals surface area contributed by atoms with Crippen molar-refractivity contribution in [3.8, 4) is 0 Å². The van der Waals surface area contributed by atoms with E-state index in [0.717, 1.165) is 17.7 Å². The molecule has 0 saturated carbocycles. The molecule has 0 spiro atoms. The Morgan fingerprint density at radius 1 is 1.53 bits per heavy atom. The third-order valence-electron chi connectivity index (χ3n) is 2.76. The number of carbonyl (C=O) groups is 1. The molecule has 1 aromatic rings. The quantitative estimate of drug-likeness (QED) is 0.791. The number of aryl methyl sites for hydroxylation is 1. The van der Waals surface area contributed by atoms with Crippen molar-refractivity contribution in [3.63, 3.8) is 0 Å². The summed E-state index contributed by atoms with van der Waals surface area (Å²) >= 11 is 1.73. The summed E-state index contributed by atoms with van der Waals surface area (Å²) in [5.41, 5.74) is 8.00. The van der Waals surface area contributed by atoms with E-state index in [0.29, 0.717) is 11.3 Å². The van der Waals surface area contributed by atoms with Crippen molar-refractivity contribution in [1.82, 2.24) is 5.32 Å². The van der Waals surface area contributed by atoms with Crippen molar-refractivity contribution in [2.45, 2.75) is 26.3 Å². The molecular weight excluding hydrogens is 232 g/mol. The minimum absolute atomic E-state index is 0.0768. The Kier molecular flexibility index (Phi) is 5.35. The van der Waals surface area contributed by atoms with Crippen LogP contribution in [-0.4, -0.2) is 24.0 Å². The van der Waals surface area contributed by atoms with Gasteiger partial charge in [-0.25, -0.2) is 0 Å². The molecule has 3 N–H and O–H groups in total. The molecule has 3 nitrogen and oxygen atoms in total. The van der Waals surface area contributed by atoms with Gasteiger partial charge in [-0.15, -0.1) is 0 Å². The highest BCUT2D eigenvalue weighted by Crippen LogP contribution is 2.16. The lowest BCUT2D eigenvalue weighted by Crippen LogP contribution is -2.36. The predicted octanol–water partition coefficient (Wildman–Crippen LogP) is 2.45. The lowest BCUT2D eigenvalue weighted by atomic mass is 10.1. The summed E-state index contributed by atoms with van der Waals surface area (Å²) < 4.78 is 0. The summed E-state index contributed by atoms with van der Waals surface area (Å²) in [7, 11) is 0. The number of hydrogen-bond acceptors (Lipinski definition) is 3. The van der Waals surface area contributed by atoms with E-state index in [9.17, 15) is 4.79 Å².